The third-order valence-electron chi connectivity index (χ3n) is 7.40. The number of hydrogen-bond donors (Lipinski definition) is 3. The van der Waals surface area contributed by atoms with E-state index in [0.717, 1.165) is 0 Å². The number of sulfone groups is 1. The van der Waals surface area contributed by atoms with Crippen LogP contribution in [0.1, 0.15) is 41.7 Å². The van der Waals surface area contributed by atoms with E-state index in [0.29, 0.717) is 43.7 Å². The van der Waals surface area contributed by atoms with E-state index in [9.17, 15) is 18.0 Å². The Bertz CT molecular complexity index is 1220. The summed E-state index contributed by atoms with van der Waals surface area (Å²) in [5, 5.41) is 4.31. The van der Waals surface area contributed by atoms with Gasteiger partial charge in [-0.2, -0.15) is 0 Å². The van der Waals surface area contributed by atoms with Gasteiger partial charge in [0.2, 0.25) is 11.8 Å². The summed E-state index contributed by atoms with van der Waals surface area (Å²) in [4.78, 5) is 24.2. The van der Waals surface area contributed by atoms with Crippen LogP contribution in [-0.4, -0.2) is 57.8 Å². The van der Waals surface area contributed by atoms with Crippen molar-refractivity contribution in [2.24, 2.45) is 5.73 Å². The van der Waals surface area contributed by atoms with Crippen molar-refractivity contribution >= 4 is 21.7 Å². The van der Waals surface area contributed by atoms with Crippen LogP contribution in [0.4, 0.5) is 4.39 Å². The molecule has 0 bridgehead atoms. The molecule has 10 heteroatoms. The fourth-order valence-corrected chi connectivity index (χ4v) is 7.60. The van der Waals surface area contributed by atoms with Crippen molar-refractivity contribution < 1.29 is 27.1 Å². The van der Waals surface area contributed by atoms with Crippen LogP contribution in [0, 0.1) is 5.82 Å². The molecule has 1 unspecified atom stereocenters. The number of amides is 2. The number of carbonyl (C=O) groups excluding carboxylic acids is 2. The highest BCUT2D eigenvalue weighted by atomic mass is 32.2. The molecule has 2 aliphatic heterocycles. The molecule has 0 radical (unpaired) electrons. The monoisotopic (exact) mass is 517 g/mol. The highest BCUT2D eigenvalue weighted by Gasteiger charge is 2.44. The summed E-state index contributed by atoms with van der Waals surface area (Å²) in [5.41, 5.74) is 5.56. The van der Waals surface area contributed by atoms with E-state index < -0.39 is 43.4 Å². The lowest BCUT2D eigenvalue weighted by molar-refractivity contribution is -0.132. The number of nitrogens with two attached hydrogens (primary N) is 1. The first-order valence-corrected chi connectivity index (χ1v) is 13.7. The van der Waals surface area contributed by atoms with Gasteiger partial charge in [0.15, 0.2) is 9.84 Å². The van der Waals surface area contributed by atoms with Crippen LogP contribution in [0.5, 0.6) is 0 Å². The van der Waals surface area contributed by atoms with Gasteiger partial charge in [0.05, 0.1) is 22.5 Å². The highest BCUT2D eigenvalue weighted by Crippen LogP contribution is 2.37. The van der Waals surface area contributed by atoms with Gasteiger partial charge in [-0.05, 0) is 48.9 Å². The first-order valence-electron chi connectivity index (χ1n) is 12.1. The Kier molecular flexibility index (Phi) is 7.77. The SMILES string of the molecule is C[C@@H]1NC[C@@H](c2ccccc2)S(=O)(=O)C1Cc1ccc(C2(C(=O)NCC(N)=O)CCOCC2)cc1F. The quantitative estimate of drug-likeness (QED) is 0.511. The van der Waals surface area contributed by atoms with Crippen molar-refractivity contribution in [2.75, 3.05) is 26.3 Å². The van der Waals surface area contributed by atoms with Gasteiger partial charge < -0.3 is 21.1 Å². The van der Waals surface area contributed by atoms with E-state index in [2.05, 4.69) is 10.6 Å². The summed E-state index contributed by atoms with van der Waals surface area (Å²) in [6.45, 7) is 2.43. The van der Waals surface area contributed by atoms with E-state index in [1.807, 2.05) is 18.2 Å². The zero-order valence-electron chi connectivity index (χ0n) is 20.2. The highest BCUT2D eigenvalue weighted by molar-refractivity contribution is 7.92. The molecule has 36 heavy (non-hydrogen) atoms. The summed E-state index contributed by atoms with van der Waals surface area (Å²) in [6.07, 6.45) is 0.663. The molecule has 4 rings (SSSR count). The topological polar surface area (TPSA) is 128 Å². The zero-order valence-corrected chi connectivity index (χ0v) is 21.0. The summed E-state index contributed by atoms with van der Waals surface area (Å²) in [5.74, 6) is -1.64. The molecule has 194 valence electrons. The van der Waals surface area contributed by atoms with Crippen LogP contribution in [0.3, 0.4) is 0 Å². The lowest BCUT2D eigenvalue weighted by atomic mass is 9.73. The van der Waals surface area contributed by atoms with Crippen molar-refractivity contribution in [1.82, 2.24) is 10.6 Å². The van der Waals surface area contributed by atoms with Crippen molar-refractivity contribution in [3.63, 3.8) is 0 Å². The molecule has 2 saturated heterocycles. The average Bonchev–Trinajstić information content (AvgIpc) is 2.86. The fraction of sp³-hybridized carbons (Fsp3) is 0.462. The molecule has 0 spiro atoms. The minimum Gasteiger partial charge on any atom is -0.381 e. The molecule has 2 heterocycles. The van der Waals surface area contributed by atoms with E-state index in [4.69, 9.17) is 10.5 Å². The number of nitrogens with one attached hydrogen (secondary N) is 2. The van der Waals surface area contributed by atoms with Gasteiger partial charge in [0, 0.05) is 25.8 Å². The predicted octanol–water partition coefficient (Wildman–Crippen LogP) is 1.53. The molecule has 0 saturated carbocycles. The number of carbonyl (C=O) groups is 2. The third-order valence-corrected chi connectivity index (χ3v) is 10.1. The molecular formula is C26H32FN3O5S. The number of rotatable bonds is 7. The summed E-state index contributed by atoms with van der Waals surface area (Å²) >= 11 is 0. The molecule has 2 aromatic rings. The summed E-state index contributed by atoms with van der Waals surface area (Å²) in [6, 6.07) is 13.2. The minimum atomic E-state index is -3.61. The fourth-order valence-electron chi connectivity index (χ4n) is 5.23. The van der Waals surface area contributed by atoms with Crippen LogP contribution in [0.2, 0.25) is 0 Å². The van der Waals surface area contributed by atoms with Gasteiger partial charge >= 0.3 is 0 Å². The van der Waals surface area contributed by atoms with Crippen molar-refractivity contribution in [3.8, 4) is 0 Å². The van der Waals surface area contributed by atoms with E-state index in [1.54, 1.807) is 31.2 Å². The normalized spacial score (nSPS) is 25.1. The van der Waals surface area contributed by atoms with Crippen molar-refractivity contribution in [2.45, 2.75) is 48.1 Å². The van der Waals surface area contributed by atoms with Crippen LogP contribution in [0.15, 0.2) is 48.5 Å². The molecule has 8 nitrogen and oxygen atoms in total. The van der Waals surface area contributed by atoms with Gasteiger partial charge in [-0.15, -0.1) is 0 Å². The Balaban J connectivity index is 1.61. The molecule has 4 N–H and O–H groups in total. The first-order chi connectivity index (χ1) is 17.1. The molecule has 0 aromatic heterocycles. The molecular weight excluding hydrogens is 485 g/mol. The first kappa shape index (κ1) is 26.2. The van der Waals surface area contributed by atoms with E-state index in [-0.39, 0.29) is 24.6 Å². The van der Waals surface area contributed by atoms with Crippen LogP contribution < -0.4 is 16.4 Å². The zero-order chi connectivity index (χ0) is 25.9. The van der Waals surface area contributed by atoms with Crippen LogP contribution >= 0.6 is 0 Å². The van der Waals surface area contributed by atoms with E-state index in [1.165, 1.54) is 6.07 Å². The maximum absolute atomic E-state index is 15.5. The van der Waals surface area contributed by atoms with Gasteiger partial charge in [-0.3, -0.25) is 9.59 Å². The van der Waals surface area contributed by atoms with Gasteiger partial charge in [-0.25, -0.2) is 12.8 Å². The standard InChI is InChI=1S/C26H32FN3O5S/c1-17-22(36(33,34)23(15-29-17)18-5-3-2-4-6-18)13-19-7-8-20(14-21(19)27)26(9-11-35-12-10-26)25(32)30-16-24(28)31/h2-8,14,17,22-23,29H,9-13,15-16H2,1H3,(H2,28,31)(H,30,32)/t17-,22?,23-/m0/s1. The van der Waals surface area contributed by atoms with Crippen molar-refractivity contribution in [3.05, 3.63) is 71.0 Å². The Morgan fingerprint density at radius 1 is 1.17 bits per heavy atom. The number of primary amides is 1. The van der Waals surface area contributed by atoms with E-state index >= 15 is 4.39 Å². The van der Waals surface area contributed by atoms with Gasteiger partial charge in [0.25, 0.3) is 0 Å². The molecule has 2 amide bonds. The number of benzene rings is 2. The molecule has 2 aliphatic rings. The largest absolute Gasteiger partial charge is 0.381 e. The Morgan fingerprint density at radius 2 is 1.86 bits per heavy atom. The third kappa shape index (κ3) is 5.16. The average molecular weight is 518 g/mol. The summed E-state index contributed by atoms with van der Waals surface area (Å²) in [7, 11) is -3.61. The predicted molar refractivity (Wildman–Crippen MR) is 133 cm³/mol. The lowest BCUT2D eigenvalue weighted by Gasteiger charge is -2.37. The maximum atomic E-state index is 15.5. The maximum Gasteiger partial charge on any atom is 0.236 e. The molecule has 3 atom stereocenters. The van der Waals surface area contributed by atoms with Crippen molar-refractivity contribution in [1.29, 1.82) is 0 Å². The molecule has 0 aliphatic carbocycles. The van der Waals surface area contributed by atoms with Gasteiger partial charge in [-0.1, -0.05) is 42.5 Å². The Morgan fingerprint density at radius 3 is 2.50 bits per heavy atom. The minimum absolute atomic E-state index is 0.00985. The molecule has 2 aromatic carbocycles. The lowest BCUT2D eigenvalue weighted by Crippen LogP contribution is -2.53. The molecule has 2 fully saturated rings. The summed E-state index contributed by atoms with van der Waals surface area (Å²) < 4.78 is 48.0. The second-order valence-electron chi connectivity index (χ2n) is 9.58. The second-order valence-corrected chi connectivity index (χ2v) is 11.9. The number of hydrogen-bond acceptors (Lipinski definition) is 6. The number of ether oxygens (including phenoxy) is 1. The number of halogens is 1. The Labute approximate surface area is 210 Å². The Hall–Kier alpha value is -2.82. The van der Waals surface area contributed by atoms with Crippen LogP contribution in [0.25, 0.3) is 0 Å². The van der Waals surface area contributed by atoms with Crippen LogP contribution in [-0.2, 0) is 36.0 Å². The smallest absolute Gasteiger partial charge is 0.236 e. The second kappa shape index (κ2) is 10.7. The van der Waals surface area contributed by atoms with Gasteiger partial charge in [0.1, 0.15) is 5.82 Å².